The molecule has 1 amide bonds. The maximum absolute atomic E-state index is 11.8. The molecule has 2 rings (SSSR count). The highest BCUT2D eigenvalue weighted by atomic mass is 16.2. The Morgan fingerprint density at radius 1 is 1.25 bits per heavy atom. The molecule has 1 aliphatic rings. The van der Waals surface area contributed by atoms with Crippen molar-refractivity contribution in [1.82, 2.24) is 10.6 Å². The lowest BCUT2D eigenvalue weighted by Gasteiger charge is -2.27. The lowest BCUT2D eigenvalue weighted by Crippen LogP contribution is -2.37. The van der Waals surface area contributed by atoms with Gasteiger partial charge in [0.05, 0.1) is 6.54 Å². The van der Waals surface area contributed by atoms with Crippen LogP contribution in [0.3, 0.4) is 0 Å². The average Bonchev–Trinajstić information content (AvgIpc) is 3.18. The fraction of sp³-hybridized carbons (Fsp3) is 0.588. The van der Waals surface area contributed by atoms with Crippen molar-refractivity contribution >= 4 is 5.91 Å². The van der Waals surface area contributed by atoms with Crippen LogP contribution in [0, 0.1) is 5.41 Å². The van der Waals surface area contributed by atoms with Gasteiger partial charge in [0.25, 0.3) is 0 Å². The molecular formula is C17H26N2O. The van der Waals surface area contributed by atoms with E-state index in [2.05, 4.69) is 55.7 Å². The topological polar surface area (TPSA) is 41.1 Å². The van der Waals surface area contributed by atoms with Gasteiger partial charge in [0, 0.05) is 12.1 Å². The number of hydrogen-bond donors (Lipinski definition) is 2. The molecule has 1 aromatic rings. The van der Waals surface area contributed by atoms with Crippen LogP contribution >= 0.6 is 0 Å². The zero-order valence-electron chi connectivity index (χ0n) is 12.8. The molecule has 1 aromatic carbocycles. The zero-order chi connectivity index (χ0) is 14.6. The van der Waals surface area contributed by atoms with Crippen LogP contribution in [0.4, 0.5) is 0 Å². The van der Waals surface area contributed by atoms with E-state index in [4.69, 9.17) is 0 Å². The molecule has 0 radical (unpaired) electrons. The largest absolute Gasteiger partial charge is 0.352 e. The number of nitrogens with one attached hydrogen (secondary N) is 2. The van der Waals surface area contributed by atoms with Gasteiger partial charge in [-0.3, -0.25) is 4.79 Å². The van der Waals surface area contributed by atoms with Crippen LogP contribution < -0.4 is 10.6 Å². The Morgan fingerprint density at radius 2 is 1.90 bits per heavy atom. The van der Waals surface area contributed by atoms with Gasteiger partial charge >= 0.3 is 0 Å². The highest BCUT2D eigenvalue weighted by molar-refractivity contribution is 5.78. The van der Waals surface area contributed by atoms with E-state index in [-0.39, 0.29) is 17.4 Å². The lowest BCUT2D eigenvalue weighted by molar-refractivity contribution is -0.120. The molecule has 1 saturated carbocycles. The number of carbonyl (C=O) groups excluding carboxylic acids is 1. The second kappa shape index (κ2) is 6.40. The smallest absolute Gasteiger partial charge is 0.234 e. The number of rotatable bonds is 6. The molecule has 0 bridgehead atoms. The first kappa shape index (κ1) is 15.0. The summed E-state index contributed by atoms with van der Waals surface area (Å²) >= 11 is 0. The van der Waals surface area contributed by atoms with E-state index < -0.39 is 0 Å². The summed E-state index contributed by atoms with van der Waals surface area (Å²) in [6.07, 6.45) is 3.28. The van der Waals surface area contributed by atoms with Crippen molar-refractivity contribution < 1.29 is 4.79 Å². The third-order valence-electron chi connectivity index (χ3n) is 3.47. The quantitative estimate of drug-likeness (QED) is 0.837. The van der Waals surface area contributed by atoms with Gasteiger partial charge in [0.1, 0.15) is 0 Å². The summed E-state index contributed by atoms with van der Waals surface area (Å²) in [5, 5.41) is 6.44. The van der Waals surface area contributed by atoms with Crippen molar-refractivity contribution in [2.75, 3.05) is 6.54 Å². The van der Waals surface area contributed by atoms with Gasteiger partial charge in [-0.2, -0.15) is 0 Å². The summed E-state index contributed by atoms with van der Waals surface area (Å²) in [7, 11) is 0. The third kappa shape index (κ3) is 5.33. The molecule has 1 atom stereocenters. The van der Waals surface area contributed by atoms with E-state index in [0.29, 0.717) is 12.6 Å². The third-order valence-corrected chi connectivity index (χ3v) is 3.47. The first-order chi connectivity index (χ1) is 9.44. The van der Waals surface area contributed by atoms with E-state index in [1.54, 1.807) is 0 Å². The summed E-state index contributed by atoms with van der Waals surface area (Å²) in [4.78, 5) is 11.8. The maximum Gasteiger partial charge on any atom is 0.234 e. The lowest BCUT2D eigenvalue weighted by atomic mass is 9.85. The van der Waals surface area contributed by atoms with Crippen LogP contribution in [0.5, 0.6) is 0 Å². The van der Waals surface area contributed by atoms with E-state index in [9.17, 15) is 4.79 Å². The molecule has 0 heterocycles. The molecule has 1 unspecified atom stereocenters. The molecule has 0 aromatic heterocycles. The van der Waals surface area contributed by atoms with Crippen molar-refractivity contribution in [3.8, 4) is 0 Å². The maximum atomic E-state index is 11.8. The molecule has 2 N–H and O–H groups in total. The van der Waals surface area contributed by atoms with Crippen LogP contribution in [0.1, 0.15) is 51.6 Å². The summed E-state index contributed by atoms with van der Waals surface area (Å²) < 4.78 is 0. The second-order valence-electron chi connectivity index (χ2n) is 6.95. The van der Waals surface area contributed by atoms with Crippen molar-refractivity contribution in [1.29, 1.82) is 0 Å². The molecular weight excluding hydrogens is 248 g/mol. The highest BCUT2D eigenvalue weighted by Gasteiger charge is 2.24. The fourth-order valence-corrected chi connectivity index (χ4v) is 2.33. The van der Waals surface area contributed by atoms with Gasteiger partial charge in [-0.05, 0) is 30.2 Å². The Kier molecular flexibility index (Phi) is 4.81. The number of carbonyl (C=O) groups is 1. The van der Waals surface area contributed by atoms with Crippen molar-refractivity contribution in [2.24, 2.45) is 5.41 Å². The first-order valence-electron chi connectivity index (χ1n) is 7.52. The minimum Gasteiger partial charge on any atom is -0.352 e. The van der Waals surface area contributed by atoms with Gasteiger partial charge in [0.2, 0.25) is 5.91 Å². The summed E-state index contributed by atoms with van der Waals surface area (Å²) in [5.41, 5.74) is 1.47. The van der Waals surface area contributed by atoms with Crippen molar-refractivity contribution in [3.63, 3.8) is 0 Å². The molecule has 0 spiro atoms. The number of hydrogen-bond acceptors (Lipinski definition) is 2. The molecule has 1 aliphatic carbocycles. The van der Waals surface area contributed by atoms with Gasteiger partial charge < -0.3 is 10.6 Å². The predicted molar refractivity (Wildman–Crippen MR) is 82.4 cm³/mol. The van der Waals surface area contributed by atoms with E-state index >= 15 is 0 Å². The van der Waals surface area contributed by atoms with Gasteiger partial charge in [-0.1, -0.05) is 51.1 Å². The SMILES string of the molecule is CC(C)(C)CC(NCC(=O)NC1CC1)c1ccccc1. The highest BCUT2D eigenvalue weighted by Crippen LogP contribution is 2.29. The minimum atomic E-state index is 0.113. The molecule has 1 fully saturated rings. The van der Waals surface area contributed by atoms with Crippen LogP contribution in [0.15, 0.2) is 30.3 Å². The van der Waals surface area contributed by atoms with Crippen LogP contribution in [-0.4, -0.2) is 18.5 Å². The van der Waals surface area contributed by atoms with Gasteiger partial charge in [-0.15, -0.1) is 0 Å². The number of benzene rings is 1. The normalized spacial score (nSPS) is 16.8. The van der Waals surface area contributed by atoms with Crippen LogP contribution in [0.25, 0.3) is 0 Å². The van der Waals surface area contributed by atoms with Crippen molar-refractivity contribution in [3.05, 3.63) is 35.9 Å². The molecule has 3 nitrogen and oxygen atoms in total. The predicted octanol–water partition coefficient (Wildman–Crippen LogP) is 3.03. The standard InChI is InChI=1S/C17H26N2O/c1-17(2,3)11-15(13-7-5-4-6-8-13)18-12-16(20)19-14-9-10-14/h4-8,14-15,18H,9-12H2,1-3H3,(H,19,20). The van der Waals surface area contributed by atoms with E-state index in [1.165, 1.54) is 5.56 Å². The summed E-state index contributed by atoms with van der Waals surface area (Å²) in [6, 6.07) is 11.0. The molecule has 0 saturated heterocycles. The second-order valence-corrected chi connectivity index (χ2v) is 6.95. The molecule has 110 valence electrons. The molecule has 0 aliphatic heterocycles. The van der Waals surface area contributed by atoms with E-state index in [0.717, 1.165) is 19.3 Å². The Labute approximate surface area is 122 Å². The Hall–Kier alpha value is -1.35. The molecule has 3 heteroatoms. The Morgan fingerprint density at radius 3 is 2.45 bits per heavy atom. The van der Waals surface area contributed by atoms with Gasteiger partial charge in [0.15, 0.2) is 0 Å². The summed E-state index contributed by atoms with van der Waals surface area (Å²) in [5.74, 6) is 0.113. The minimum absolute atomic E-state index is 0.113. The van der Waals surface area contributed by atoms with E-state index in [1.807, 2.05) is 6.07 Å². The monoisotopic (exact) mass is 274 g/mol. The first-order valence-corrected chi connectivity index (χ1v) is 7.52. The fourth-order valence-electron chi connectivity index (χ4n) is 2.33. The van der Waals surface area contributed by atoms with Crippen LogP contribution in [-0.2, 0) is 4.79 Å². The molecule has 20 heavy (non-hydrogen) atoms. The Bertz CT molecular complexity index is 432. The average molecular weight is 274 g/mol. The number of amides is 1. The zero-order valence-corrected chi connectivity index (χ0v) is 12.8. The van der Waals surface area contributed by atoms with Gasteiger partial charge in [-0.25, -0.2) is 0 Å². The Balaban J connectivity index is 1.93. The van der Waals surface area contributed by atoms with Crippen molar-refractivity contribution in [2.45, 2.75) is 52.1 Å². The summed E-state index contributed by atoms with van der Waals surface area (Å²) in [6.45, 7) is 7.09. The van der Waals surface area contributed by atoms with Crippen LogP contribution in [0.2, 0.25) is 0 Å².